The van der Waals surface area contributed by atoms with Crippen molar-refractivity contribution in [1.82, 2.24) is 15.2 Å². The number of carboxylic acid groups (broad SMARTS) is 1. The van der Waals surface area contributed by atoms with E-state index in [-0.39, 0.29) is 41.3 Å². The first-order chi connectivity index (χ1) is 15.7. The van der Waals surface area contributed by atoms with E-state index in [0.717, 1.165) is 11.3 Å². The highest BCUT2D eigenvalue weighted by molar-refractivity contribution is 7.14. The van der Waals surface area contributed by atoms with E-state index >= 15 is 0 Å². The number of methoxy groups -OCH3 is 3. The Labute approximate surface area is 195 Å². The Kier molecular flexibility index (Phi) is 9.43. The van der Waals surface area contributed by atoms with Gasteiger partial charge in [-0.15, -0.1) is 11.3 Å². The Morgan fingerprint density at radius 1 is 1.06 bits per heavy atom. The van der Waals surface area contributed by atoms with Gasteiger partial charge in [0.15, 0.2) is 16.6 Å². The Balaban J connectivity index is 2.02. The van der Waals surface area contributed by atoms with Gasteiger partial charge in [-0.2, -0.15) is 0 Å². The van der Waals surface area contributed by atoms with E-state index in [9.17, 15) is 14.4 Å². The molecule has 0 aliphatic carbocycles. The maximum Gasteiger partial charge on any atom is 0.317 e. The summed E-state index contributed by atoms with van der Waals surface area (Å²) in [5.74, 6) is -0.777. The number of nitrogens with one attached hydrogen (secondary N) is 2. The number of hydrogen-bond acceptors (Lipinski definition) is 9. The maximum atomic E-state index is 12.8. The highest BCUT2D eigenvalue weighted by atomic mass is 32.1. The minimum Gasteiger partial charge on any atom is -0.496 e. The van der Waals surface area contributed by atoms with Gasteiger partial charge < -0.3 is 24.6 Å². The minimum atomic E-state index is -0.930. The standard InChI is InChI=1S/C21H28N4O7S/c1-12(2)25(10-18(26)27)7-6-22-20(29)14-11-33-21(23-14)24-19(28)13-8-16(31-4)17(32-5)9-15(13)30-3/h8-9,11-12H,6-7,10H2,1-5H3,(H,22,29)(H,26,27)(H,23,24,28). The Morgan fingerprint density at radius 3 is 2.27 bits per heavy atom. The molecule has 0 spiro atoms. The van der Waals surface area contributed by atoms with Gasteiger partial charge in [-0.1, -0.05) is 0 Å². The summed E-state index contributed by atoms with van der Waals surface area (Å²) < 4.78 is 15.7. The average molecular weight is 481 g/mol. The lowest BCUT2D eigenvalue weighted by molar-refractivity contribution is -0.138. The molecule has 1 aromatic carbocycles. The van der Waals surface area contributed by atoms with Crippen LogP contribution < -0.4 is 24.8 Å². The molecule has 2 aromatic rings. The van der Waals surface area contributed by atoms with E-state index in [1.165, 1.54) is 32.8 Å². The van der Waals surface area contributed by atoms with Gasteiger partial charge in [-0.05, 0) is 13.8 Å². The molecule has 180 valence electrons. The van der Waals surface area contributed by atoms with Crippen LogP contribution in [0.1, 0.15) is 34.7 Å². The van der Waals surface area contributed by atoms with Crippen LogP contribution in [0.25, 0.3) is 0 Å². The summed E-state index contributed by atoms with van der Waals surface area (Å²) in [5, 5.41) is 16.1. The van der Waals surface area contributed by atoms with Crippen LogP contribution in [0.3, 0.4) is 0 Å². The third-order valence-electron chi connectivity index (χ3n) is 4.66. The molecule has 0 saturated heterocycles. The molecule has 0 saturated carbocycles. The van der Waals surface area contributed by atoms with Crippen molar-refractivity contribution in [3.05, 3.63) is 28.8 Å². The van der Waals surface area contributed by atoms with E-state index in [4.69, 9.17) is 19.3 Å². The number of carbonyl (C=O) groups excluding carboxylic acids is 2. The summed E-state index contributed by atoms with van der Waals surface area (Å²) in [6.07, 6.45) is 0. The zero-order valence-electron chi connectivity index (χ0n) is 19.1. The fourth-order valence-corrected chi connectivity index (χ4v) is 3.59. The summed E-state index contributed by atoms with van der Waals surface area (Å²) in [7, 11) is 4.37. The molecule has 11 nitrogen and oxygen atoms in total. The second-order valence-corrected chi connectivity index (χ2v) is 7.97. The Morgan fingerprint density at radius 2 is 1.70 bits per heavy atom. The monoisotopic (exact) mass is 480 g/mol. The molecule has 1 heterocycles. The average Bonchev–Trinajstić information content (AvgIpc) is 3.25. The summed E-state index contributed by atoms with van der Waals surface area (Å²) >= 11 is 1.10. The predicted molar refractivity (Wildman–Crippen MR) is 123 cm³/mol. The molecule has 0 fully saturated rings. The van der Waals surface area contributed by atoms with Crippen molar-refractivity contribution in [3.8, 4) is 17.2 Å². The van der Waals surface area contributed by atoms with Crippen molar-refractivity contribution in [2.45, 2.75) is 19.9 Å². The van der Waals surface area contributed by atoms with E-state index in [1.807, 2.05) is 13.8 Å². The molecule has 2 amide bonds. The molecule has 1 aromatic heterocycles. The van der Waals surface area contributed by atoms with Crippen LogP contribution in [0.2, 0.25) is 0 Å². The molecule has 0 radical (unpaired) electrons. The summed E-state index contributed by atoms with van der Waals surface area (Å²) in [6, 6.07) is 3.05. The first-order valence-electron chi connectivity index (χ1n) is 10.0. The van der Waals surface area contributed by atoms with Crippen LogP contribution in [0.5, 0.6) is 17.2 Å². The molecule has 0 unspecified atom stereocenters. The number of anilines is 1. The predicted octanol–water partition coefficient (Wildman–Crippen LogP) is 1.95. The van der Waals surface area contributed by atoms with Crippen LogP contribution in [-0.4, -0.2) is 79.8 Å². The van der Waals surface area contributed by atoms with Crippen LogP contribution in [0.4, 0.5) is 5.13 Å². The number of rotatable bonds is 12. The van der Waals surface area contributed by atoms with Crippen molar-refractivity contribution in [2.24, 2.45) is 0 Å². The summed E-state index contributed by atoms with van der Waals surface area (Å²) in [4.78, 5) is 42.0. The quantitative estimate of drug-likeness (QED) is 0.416. The molecular weight excluding hydrogens is 452 g/mol. The topological polar surface area (TPSA) is 139 Å². The van der Waals surface area contributed by atoms with Crippen molar-refractivity contribution < 1.29 is 33.7 Å². The van der Waals surface area contributed by atoms with Crippen LogP contribution in [0.15, 0.2) is 17.5 Å². The lowest BCUT2D eigenvalue weighted by atomic mass is 10.1. The van der Waals surface area contributed by atoms with Crippen molar-refractivity contribution in [2.75, 3.05) is 46.3 Å². The third kappa shape index (κ3) is 7.05. The van der Waals surface area contributed by atoms with Gasteiger partial charge in [0, 0.05) is 36.6 Å². The van der Waals surface area contributed by atoms with Crippen molar-refractivity contribution >= 4 is 34.3 Å². The van der Waals surface area contributed by atoms with E-state index in [1.54, 1.807) is 11.0 Å². The van der Waals surface area contributed by atoms with Crippen molar-refractivity contribution in [1.29, 1.82) is 0 Å². The first kappa shape index (κ1) is 25.9. The van der Waals surface area contributed by atoms with Gasteiger partial charge in [0.05, 0.1) is 33.4 Å². The molecular formula is C21H28N4O7S. The Hall–Kier alpha value is -3.38. The van der Waals surface area contributed by atoms with Crippen LogP contribution >= 0.6 is 11.3 Å². The zero-order chi connectivity index (χ0) is 24.5. The van der Waals surface area contributed by atoms with Gasteiger partial charge in [-0.3, -0.25) is 24.6 Å². The van der Waals surface area contributed by atoms with Crippen LogP contribution in [-0.2, 0) is 4.79 Å². The van der Waals surface area contributed by atoms with E-state index < -0.39 is 17.8 Å². The smallest absolute Gasteiger partial charge is 0.317 e. The number of hydrogen-bond donors (Lipinski definition) is 3. The lowest BCUT2D eigenvalue weighted by Gasteiger charge is -2.24. The largest absolute Gasteiger partial charge is 0.496 e. The number of nitrogens with zero attached hydrogens (tertiary/aromatic N) is 2. The molecule has 33 heavy (non-hydrogen) atoms. The maximum absolute atomic E-state index is 12.8. The number of thiazole rings is 1. The minimum absolute atomic E-state index is 0.0210. The number of benzene rings is 1. The van der Waals surface area contributed by atoms with Crippen molar-refractivity contribution in [3.63, 3.8) is 0 Å². The van der Waals surface area contributed by atoms with Gasteiger partial charge in [-0.25, -0.2) is 4.98 Å². The summed E-state index contributed by atoms with van der Waals surface area (Å²) in [5.41, 5.74) is 0.354. The number of amides is 2. The highest BCUT2D eigenvalue weighted by Gasteiger charge is 2.20. The van der Waals surface area contributed by atoms with Crippen LogP contribution in [0, 0.1) is 0 Å². The second-order valence-electron chi connectivity index (χ2n) is 7.11. The molecule has 0 aliphatic rings. The first-order valence-corrected chi connectivity index (χ1v) is 10.9. The van der Waals surface area contributed by atoms with E-state index in [2.05, 4.69) is 15.6 Å². The highest BCUT2D eigenvalue weighted by Crippen LogP contribution is 2.35. The molecule has 12 heteroatoms. The number of aliphatic carboxylic acids is 1. The number of ether oxygens (including phenoxy) is 3. The van der Waals surface area contributed by atoms with Gasteiger partial charge >= 0.3 is 5.97 Å². The molecule has 2 rings (SSSR count). The fourth-order valence-electron chi connectivity index (χ4n) is 2.90. The van der Waals surface area contributed by atoms with Gasteiger partial charge in [0.25, 0.3) is 11.8 Å². The number of carbonyl (C=O) groups is 3. The van der Waals surface area contributed by atoms with E-state index in [0.29, 0.717) is 18.0 Å². The molecule has 0 atom stereocenters. The molecule has 0 aliphatic heterocycles. The molecule has 0 bridgehead atoms. The SMILES string of the molecule is COc1cc(OC)c(C(=O)Nc2nc(C(=O)NCCN(CC(=O)O)C(C)C)cs2)cc1OC. The van der Waals surface area contributed by atoms with Gasteiger partial charge in [0.2, 0.25) is 0 Å². The molecule has 3 N–H and O–H groups in total. The lowest BCUT2D eigenvalue weighted by Crippen LogP contribution is -2.41. The number of carboxylic acids is 1. The Bertz CT molecular complexity index is 993. The zero-order valence-corrected chi connectivity index (χ0v) is 19.9. The second kappa shape index (κ2) is 12.0. The summed E-state index contributed by atoms with van der Waals surface area (Å²) in [6.45, 7) is 4.29. The normalized spacial score (nSPS) is 10.8. The number of aromatic nitrogens is 1. The van der Waals surface area contributed by atoms with Gasteiger partial charge in [0.1, 0.15) is 11.4 Å². The third-order valence-corrected chi connectivity index (χ3v) is 5.42. The fraction of sp³-hybridized carbons (Fsp3) is 0.429.